The molecule has 0 aromatic heterocycles. The zero-order valence-corrected chi connectivity index (χ0v) is 17.5. The van der Waals surface area contributed by atoms with E-state index >= 15 is 0 Å². The summed E-state index contributed by atoms with van der Waals surface area (Å²) >= 11 is 0. The maximum Gasteiger partial charge on any atom is 0.422 e. The van der Waals surface area contributed by atoms with Crippen molar-refractivity contribution in [3.8, 4) is 5.75 Å². The molecule has 0 bridgehead atoms. The van der Waals surface area contributed by atoms with Crippen LogP contribution >= 0.6 is 0 Å². The largest absolute Gasteiger partial charge is 0.482 e. The summed E-state index contributed by atoms with van der Waals surface area (Å²) in [5.74, 6) is -1.60. The molecule has 0 spiro atoms. The van der Waals surface area contributed by atoms with Crippen molar-refractivity contribution < 1.29 is 35.5 Å². The van der Waals surface area contributed by atoms with E-state index in [1.165, 1.54) is 28.6 Å². The van der Waals surface area contributed by atoms with Crippen LogP contribution in [-0.4, -0.2) is 44.5 Å². The van der Waals surface area contributed by atoms with Crippen molar-refractivity contribution in [3.63, 3.8) is 0 Å². The average Bonchev–Trinajstić information content (AvgIpc) is 3.26. The Hall–Kier alpha value is -2.92. The van der Waals surface area contributed by atoms with Gasteiger partial charge in [-0.1, -0.05) is 12.1 Å². The maximum atomic E-state index is 13.3. The van der Waals surface area contributed by atoms with Crippen LogP contribution in [0.4, 0.5) is 23.2 Å². The third-order valence-corrected chi connectivity index (χ3v) is 6.47. The molecule has 32 heavy (non-hydrogen) atoms. The van der Waals surface area contributed by atoms with Crippen LogP contribution in [0.15, 0.2) is 53.4 Å². The van der Waals surface area contributed by atoms with Gasteiger partial charge in [0.2, 0.25) is 15.9 Å². The molecule has 0 unspecified atom stereocenters. The van der Waals surface area contributed by atoms with Gasteiger partial charge in [0.25, 0.3) is 0 Å². The van der Waals surface area contributed by atoms with Crippen LogP contribution in [0.2, 0.25) is 0 Å². The predicted molar refractivity (Wildman–Crippen MR) is 110 cm³/mol. The monoisotopic (exact) mass is 472 g/mol. The highest BCUT2D eigenvalue weighted by atomic mass is 32.2. The Balaban J connectivity index is 1.86. The Morgan fingerprint density at radius 2 is 1.84 bits per heavy atom. The van der Waals surface area contributed by atoms with Gasteiger partial charge in [0, 0.05) is 19.2 Å². The molecule has 1 fully saturated rings. The zero-order chi connectivity index (χ0) is 23.4. The number of rotatable bonds is 7. The number of alkyl halides is 3. The van der Waals surface area contributed by atoms with Crippen LogP contribution in [0, 0.1) is 5.82 Å². The van der Waals surface area contributed by atoms with Crippen LogP contribution in [0.5, 0.6) is 5.75 Å². The second-order valence-electron chi connectivity index (χ2n) is 7.05. The molecule has 11 heteroatoms. The highest BCUT2D eigenvalue weighted by Gasteiger charge is 2.30. The lowest BCUT2D eigenvalue weighted by molar-refractivity contribution is -0.153. The van der Waals surface area contributed by atoms with E-state index in [4.69, 9.17) is 4.74 Å². The second kappa shape index (κ2) is 9.70. The lowest BCUT2D eigenvalue weighted by atomic mass is 10.2. The summed E-state index contributed by atoms with van der Waals surface area (Å²) < 4.78 is 82.6. The lowest BCUT2D eigenvalue weighted by Crippen LogP contribution is -2.28. The molecule has 1 amide bonds. The topological polar surface area (TPSA) is 75.7 Å². The molecule has 3 rings (SSSR count). The SMILES string of the molecule is O=C(/C=C/c1cccc(F)c1)Nc1cc(S(=O)(=O)N2CCCC2)ccc1OCC(F)(F)F. The molecular formula is C21H20F4N2O4S. The molecule has 2 aromatic rings. The van der Waals surface area contributed by atoms with E-state index in [1.807, 2.05) is 0 Å². The Bertz CT molecular complexity index is 1110. The van der Waals surface area contributed by atoms with Crippen molar-refractivity contribution in [2.45, 2.75) is 23.9 Å². The normalized spacial score (nSPS) is 15.2. The summed E-state index contributed by atoms with van der Waals surface area (Å²) in [7, 11) is -3.87. The van der Waals surface area contributed by atoms with Crippen molar-refractivity contribution in [1.82, 2.24) is 4.31 Å². The number of anilines is 1. The zero-order valence-electron chi connectivity index (χ0n) is 16.7. The van der Waals surface area contributed by atoms with Gasteiger partial charge in [-0.25, -0.2) is 12.8 Å². The number of nitrogens with one attached hydrogen (secondary N) is 1. The molecule has 0 saturated carbocycles. The molecule has 1 heterocycles. The van der Waals surface area contributed by atoms with Gasteiger partial charge in [-0.3, -0.25) is 4.79 Å². The van der Waals surface area contributed by atoms with Crippen molar-refractivity contribution in [2.75, 3.05) is 25.0 Å². The molecule has 1 aliphatic rings. The number of ether oxygens (including phenoxy) is 1. The van der Waals surface area contributed by atoms with Crippen molar-refractivity contribution >= 4 is 27.7 Å². The number of benzene rings is 2. The number of sulfonamides is 1. The highest BCUT2D eigenvalue weighted by molar-refractivity contribution is 7.89. The number of amides is 1. The predicted octanol–water partition coefficient (Wildman–Crippen LogP) is 4.20. The van der Waals surface area contributed by atoms with E-state index in [1.54, 1.807) is 6.07 Å². The molecule has 0 radical (unpaired) electrons. The Morgan fingerprint density at radius 1 is 1.12 bits per heavy atom. The van der Waals surface area contributed by atoms with E-state index in [0.29, 0.717) is 31.5 Å². The minimum atomic E-state index is -4.63. The van der Waals surface area contributed by atoms with Gasteiger partial charge in [-0.15, -0.1) is 0 Å². The molecule has 172 valence electrons. The quantitative estimate of drug-likeness (QED) is 0.484. The third-order valence-electron chi connectivity index (χ3n) is 4.58. The fraction of sp³-hybridized carbons (Fsp3) is 0.286. The lowest BCUT2D eigenvalue weighted by Gasteiger charge is -2.18. The Morgan fingerprint density at radius 3 is 2.50 bits per heavy atom. The average molecular weight is 472 g/mol. The van der Waals surface area contributed by atoms with Gasteiger partial charge in [-0.2, -0.15) is 17.5 Å². The van der Waals surface area contributed by atoms with Crippen molar-refractivity contribution in [3.05, 3.63) is 59.9 Å². The standard InChI is InChI=1S/C21H20F4N2O4S/c22-16-5-3-4-15(12-16)6-9-20(28)26-18-13-17(32(29,30)27-10-1-2-11-27)7-8-19(18)31-14-21(23,24)25/h3-9,12-13H,1-2,10-11,14H2,(H,26,28)/b9-6+. The molecule has 6 nitrogen and oxygen atoms in total. The summed E-state index contributed by atoms with van der Waals surface area (Å²) in [6.07, 6.45) is -0.858. The van der Waals surface area contributed by atoms with E-state index in [2.05, 4.69) is 5.32 Å². The first-order chi connectivity index (χ1) is 15.0. The van der Waals surface area contributed by atoms with Gasteiger partial charge in [0.05, 0.1) is 10.6 Å². The Labute approximate surface area is 182 Å². The van der Waals surface area contributed by atoms with Crippen LogP contribution in [-0.2, 0) is 14.8 Å². The molecular weight excluding hydrogens is 452 g/mol. The summed E-state index contributed by atoms with van der Waals surface area (Å²) in [5, 5.41) is 2.34. The van der Waals surface area contributed by atoms with Gasteiger partial charge in [0.15, 0.2) is 6.61 Å². The molecule has 1 N–H and O–H groups in total. The summed E-state index contributed by atoms with van der Waals surface area (Å²) in [6, 6.07) is 8.68. The van der Waals surface area contributed by atoms with Gasteiger partial charge < -0.3 is 10.1 Å². The van der Waals surface area contributed by atoms with E-state index < -0.39 is 34.5 Å². The van der Waals surface area contributed by atoms with Gasteiger partial charge in [0.1, 0.15) is 11.6 Å². The van der Waals surface area contributed by atoms with Gasteiger partial charge in [-0.05, 0) is 54.8 Å². The van der Waals surface area contributed by atoms with E-state index in [9.17, 15) is 30.8 Å². The van der Waals surface area contributed by atoms with Crippen LogP contribution < -0.4 is 10.1 Å². The van der Waals surface area contributed by atoms with Crippen LogP contribution in [0.1, 0.15) is 18.4 Å². The van der Waals surface area contributed by atoms with Crippen molar-refractivity contribution in [1.29, 1.82) is 0 Å². The van der Waals surface area contributed by atoms with Crippen molar-refractivity contribution in [2.24, 2.45) is 0 Å². The number of hydrogen-bond donors (Lipinski definition) is 1. The second-order valence-corrected chi connectivity index (χ2v) is 8.99. The van der Waals surface area contributed by atoms with Gasteiger partial charge >= 0.3 is 6.18 Å². The third kappa shape index (κ3) is 6.30. The van der Waals surface area contributed by atoms with E-state index in [-0.39, 0.29) is 16.3 Å². The minimum Gasteiger partial charge on any atom is -0.482 e. The first kappa shape index (κ1) is 23.7. The summed E-state index contributed by atoms with van der Waals surface area (Å²) in [5.41, 5.74) is 0.155. The number of carbonyl (C=O) groups excluding carboxylic acids is 1. The first-order valence-electron chi connectivity index (χ1n) is 9.63. The summed E-state index contributed by atoms with van der Waals surface area (Å²) in [4.78, 5) is 12.1. The molecule has 2 aromatic carbocycles. The van der Waals surface area contributed by atoms with Crippen LogP contribution in [0.25, 0.3) is 6.08 Å². The first-order valence-corrected chi connectivity index (χ1v) is 11.1. The molecule has 1 aliphatic heterocycles. The number of nitrogens with zero attached hydrogens (tertiary/aromatic N) is 1. The fourth-order valence-corrected chi connectivity index (χ4v) is 4.63. The van der Waals surface area contributed by atoms with E-state index in [0.717, 1.165) is 24.3 Å². The number of halogens is 4. The molecule has 1 saturated heterocycles. The maximum absolute atomic E-state index is 13.3. The number of carbonyl (C=O) groups is 1. The Kier molecular flexibility index (Phi) is 7.19. The van der Waals surface area contributed by atoms with Crippen LogP contribution in [0.3, 0.4) is 0 Å². The summed E-state index contributed by atoms with van der Waals surface area (Å²) in [6.45, 7) is -0.938. The minimum absolute atomic E-state index is 0.178. The molecule has 0 aliphatic carbocycles. The molecule has 0 atom stereocenters. The highest BCUT2D eigenvalue weighted by Crippen LogP contribution is 2.31. The smallest absolute Gasteiger partial charge is 0.422 e. The number of hydrogen-bond acceptors (Lipinski definition) is 4. The fourth-order valence-electron chi connectivity index (χ4n) is 3.09.